The second kappa shape index (κ2) is 12.3. The van der Waals surface area contributed by atoms with E-state index in [-0.39, 0.29) is 18.9 Å². The lowest BCUT2D eigenvalue weighted by Crippen LogP contribution is -2.18. The number of carbonyl (C=O) groups is 1. The fraction of sp³-hybridized carbons (Fsp3) is 0.353. The van der Waals surface area contributed by atoms with Gasteiger partial charge in [0, 0.05) is 0 Å². The number of benzene rings is 1. The van der Waals surface area contributed by atoms with Gasteiger partial charge in [0.05, 0.1) is 13.2 Å². The number of hydrogen-bond donors (Lipinski definition) is 1. The molecule has 0 aromatic heterocycles. The van der Waals surface area contributed by atoms with Gasteiger partial charge in [-0.2, -0.15) is 0 Å². The summed E-state index contributed by atoms with van der Waals surface area (Å²) >= 11 is 0. The predicted octanol–water partition coefficient (Wildman–Crippen LogP) is 3.35. The Hall–Kier alpha value is -1.71. The zero-order valence-corrected chi connectivity index (χ0v) is 12.5. The molecule has 0 saturated carbocycles. The molecule has 0 amide bonds. The SMILES string of the molecule is C/C=C/c1ccc(COCC(=O)CN)cc1.C=CCC. The van der Waals surface area contributed by atoms with E-state index in [9.17, 15) is 4.79 Å². The van der Waals surface area contributed by atoms with Crippen molar-refractivity contribution in [1.29, 1.82) is 0 Å². The van der Waals surface area contributed by atoms with E-state index in [4.69, 9.17) is 10.5 Å². The van der Waals surface area contributed by atoms with Crippen molar-refractivity contribution in [3.8, 4) is 0 Å². The number of rotatable bonds is 7. The molecule has 1 aromatic carbocycles. The van der Waals surface area contributed by atoms with Crippen molar-refractivity contribution in [3.63, 3.8) is 0 Å². The molecular formula is C17H25NO2. The van der Waals surface area contributed by atoms with Crippen LogP contribution in [0, 0.1) is 0 Å². The molecule has 2 N–H and O–H groups in total. The van der Waals surface area contributed by atoms with Gasteiger partial charge in [0.1, 0.15) is 6.61 Å². The maximum atomic E-state index is 10.9. The maximum Gasteiger partial charge on any atom is 0.171 e. The van der Waals surface area contributed by atoms with Crippen molar-refractivity contribution in [3.05, 3.63) is 54.1 Å². The normalized spacial score (nSPS) is 9.95. The first-order valence-electron chi connectivity index (χ1n) is 6.79. The smallest absolute Gasteiger partial charge is 0.171 e. The van der Waals surface area contributed by atoms with Crippen LogP contribution in [0.3, 0.4) is 0 Å². The quantitative estimate of drug-likeness (QED) is 0.776. The average Bonchev–Trinajstić information content (AvgIpc) is 2.49. The summed E-state index contributed by atoms with van der Waals surface area (Å²) in [5, 5.41) is 0. The summed E-state index contributed by atoms with van der Waals surface area (Å²) in [5.41, 5.74) is 7.38. The Morgan fingerprint density at radius 2 is 1.95 bits per heavy atom. The van der Waals surface area contributed by atoms with Gasteiger partial charge in [-0.15, -0.1) is 6.58 Å². The van der Waals surface area contributed by atoms with Crippen molar-refractivity contribution >= 4 is 11.9 Å². The summed E-state index contributed by atoms with van der Waals surface area (Å²) < 4.78 is 5.22. The van der Waals surface area contributed by atoms with Gasteiger partial charge in [0.2, 0.25) is 0 Å². The first kappa shape index (κ1) is 18.3. The van der Waals surface area contributed by atoms with Crippen molar-refractivity contribution in [2.75, 3.05) is 13.2 Å². The molecule has 0 heterocycles. The van der Waals surface area contributed by atoms with Crippen LogP contribution in [0.1, 0.15) is 31.4 Å². The van der Waals surface area contributed by atoms with E-state index in [1.54, 1.807) is 0 Å². The van der Waals surface area contributed by atoms with Gasteiger partial charge < -0.3 is 10.5 Å². The third kappa shape index (κ3) is 9.25. The summed E-state index contributed by atoms with van der Waals surface area (Å²) in [6.07, 6.45) is 6.98. The van der Waals surface area contributed by atoms with E-state index in [0.29, 0.717) is 6.61 Å². The van der Waals surface area contributed by atoms with Crippen LogP contribution >= 0.6 is 0 Å². The Kier molecular flexibility index (Phi) is 11.3. The fourth-order valence-electron chi connectivity index (χ4n) is 1.26. The standard InChI is InChI=1S/C13H17NO2.C4H8/c1-2-3-11-4-6-12(7-5-11)9-16-10-13(15)8-14;1-3-4-2/h2-7H,8-10,14H2,1H3;3H,1,4H2,2H3/b3-2+;. The molecule has 0 aliphatic rings. The molecule has 0 aliphatic heterocycles. The molecule has 0 radical (unpaired) electrons. The largest absolute Gasteiger partial charge is 0.369 e. The minimum absolute atomic E-state index is 0.0419. The Morgan fingerprint density at radius 1 is 1.35 bits per heavy atom. The minimum atomic E-state index is -0.0782. The van der Waals surface area contributed by atoms with E-state index in [2.05, 4.69) is 13.5 Å². The van der Waals surface area contributed by atoms with Crippen LogP contribution in [0.5, 0.6) is 0 Å². The number of hydrogen-bond acceptors (Lipinski definition) is 3. The third-order valence-corrected chi connectivity index (χ3v) is 2.39. The lowest BCUT2D eigenvalue weighted by molar-refractivity contribution is -0.122. The van der Waals surface area contributed by atoms with Gasteiger partial charge >= 0.3 is 0 Å². The fourth-order valence-corrected chi connectivity index (χ4v) is 1.26. The Labute approximate surface area is 122 Å². The molecule has 110 valence electrons. The lowest BCUT2D eigenvalue weighted by atomic mass is 10.1. The minimum Gasteiger partial charge on any atom is -0.369 e. The van der Waals surface area contributed by atoms with Crippen LogP contribution in [0.2, 0.25) is 0 Å². The number of Topliss-reactive ketones (excluding diaryl/α,β-unsaturated/α-hetero) is 1. The average molecular weight is 275 g/mol. The van der Waals surface area contributed by atoms with Crippen LogP contribution in [-0.2, 0) is 16.1 Å². The van der Waals surface area contributed by atoms with E-state index in [1.165, 1.54) is 0 Å². The molecule has 1 rings (SSSR count). The van der Waals surface area contributed by atoms with Gasteiger partial charge in [-0.05, 0) is 24.5 Å². The van der Waals surface area contributed by atoms with Crippen molar-refractivity contribution < 1.29 is 9.53 Å². The first-order valence-corrected chi connectivity index (χ1v) is 6.79. The van der Waals surface area contributed by atoms with Crippen molar-refractivity contribution in [1.82, 2.24) is 0 Å². The number of ether oxygens (including phenoxy) is 1. The summed E-state index contributed by atoms with van der Waals surface area (Å²) in [6, 6.07) is 8.01. The summed E-state index contributed by atoms with van der Waals surface area (Å²) in [7, 11) is 0. The molecule has 0 aliphatic carbocycles. The van der Waals surface area contributed by atoms with Crippen LogP contribution < -0.4 is 5.73 Å². The van der Waals surface area contributed by atoms with Gasteiger partial charge in [0.15, 0.2) is 5.78 Å². The van der Waals surface area contributed by atoms with Crippen LogP contribution in [-0.4, -0.2) is 18.9 Å². The number of nitrogens with two attached hydrogens (primary N) is 1. The summed E-state index contributed by atoms with van der Waals surface area (Å²) in [6.45, 7) is 8.10. The Bertz CT molecular complexity index is 408. The van der Waals surface area contributed by atoms with Crippen LogP contribution in [0.15, 0.2) is 43.0 Å². The van der Waals surface area contributed by atoms with Crippen molar-refractivity contribution in [2.24, 2.45) is 5.73 Å². The molecule has 1 aromatic rings. The van der Waals surface area contributed by atoms with Crippen LogP contribution in [0.4, 0.5) is 0 Å². The Morgan fingerprint density at radius 3 is 2.40 bits per heavy atom. The maximum absolute atomic E-state index is 10.9. The molecule has 20 heavy (non-hydrogen) atoms. The molecule has 0 atom stereocenters. The Balaban J connectivity index is 0.000000796. The molecule has 0 bridgehead atoms. The lowest BCUT2D eigenvalue weighted by Gasteiger charge is -2.03. The highest BCUT2D eigenvalue weighted by Crippen LogP contribution is 2.07. The van der Waals surface area contributed by atoms with Gasteiger partial charge in [-0.25, -0.2) is 0 Å². The third-order valence-electron chi connectivity index (χ3n) is 2.39. The second-order valence-electron chi connectivity index (χ2n) is 4.17. The molecule has 3 heteroatoms. The summed E-state index contributed by atoms with van der Waals surface area (Å²) in [4.78, 5) is 10.9. The topological polar surface area (TPSA) is 52.3 Å². The zero-order chi connectivity index (χ0) is 15.2. The summed E-state index contributed by atoms with van der Waals surface area (Å²) in [5.74, 6) is -0.0782. The second-order valence-corrected chi connectivity index (χ2v) is 4.17. The number of ketones is 1. The molecule has 0 saturated heterocycles. The van der Waals surface area contributed by atoms with E-state index < -0.39 is 0 Å². The van der Waals surface area contributed by atoms with E-state index in [1.807, 2.05) is 49.4 Å². The highest BCUT2D eigenvalue weighted by atomic mass is 16.5. The molecule has 0 fully saturated rings. The monoisotopic (exact) mass is 275 g/mol. The predicted molar refractivity (Wildman–Crippen MR) is 85.4 cm³/mol. The zero-order valence-electron chi connectivity index (χ0n) is 12.5. The molecule has 3 nitrogen and oxygen atoms in total. The van der Waals surface area contributed by atoms with Gasteiger partial charge in [-0.3, -0.25) is 4.79 Å². The number of allylic oxidation sites excluding steroid dienone is 2. The van der Waals surface area contributed by atoms with Crippen LogP contribution in [0.25, 0.3) is 6.08 Å². The molecule has 0 spiro atoms. The molecule has 0 unspecified atom stereocenters. The number of carbonyl (C=O) groups excluding carboxylic acids is 1. The molecular weight excluding hydrogens is 250 g/mol. The van der Waals surface area contributed by atoms with E-state index in [0.717, 1.165) is 17.5 Å². The van der Waals surface area contributed by atoms with E-state index >= 15 is 0 Å². The van der Waals surface area contributed by atoms with Crippen molar-refractivity contribution in [2.45, 2.75) is 26.9 Å². The van der Waals surface area contributed by atoms with Gasteiger partial charge in [0.25, 0.3) is 0 Å². The first-order chi connectivity index (χ1) is 9.67. The highest BCUT2D eigenvalue weighted by Gasteiger charge is 1.98. The van der Waals surface area contributed by atoms with Gasteiger partial charge in [-0.1, -0.05) is 49.4 Å². The highest BCUT2D eigenvalue weighted by molar-refractivity contribution is 5.81.